The average molecular weight is 451 g/mol. The normalized spacial score (nSPS) is 12.9. The monoisotopic (exact) mass is 450 g/mol. The summed E-state index contributed by atoms with van der Waals surface area (Å²) in [6, 6.07) is 19.1. The number of hydrogen-bond acceptors (Lipinski definition) is 4. The third-order valence-electron chi connectivity index (χ3n) is 6.08. The van der Waals surface area contributed by atoms with Gasteiger partial charge in [-0.1, -0.05) is 41.9 Å². The standard InChI is InChI=1S/C27H31ClN2O2/c1-29(2)13-8-14-30-24-12-6-5-9-19(24)15-21-17-25(31-3)26(32-4)18-22(21)16-20-10-7-11-23(28)27(20)30/h5-7,9-12,17-18H,8,13-16H2,1-4H3. The Morgan fingerprint density at radius 2 is 1.47 bits per heavy atom. The van der Waals surface area contributed by atoms with Crippen molar-refractivity contribution in [3.8, 4) is 11.5 Å². The van der Waals surface area contributed by atoms with Gasteiger partial charge in [-0.3, -0.25) is 0 Å². The maximum Gasteiger partial charge on any atom is 0.161 e. The molecule has 0 spiro atoms. The number of methoxy groups -OCH3 is 2. The molecule has 4 rings (SSSR count). The fraction of sp³-hybridized carbons (Fsp3) is 0.333. The molecule has 0 atom stereocenters. The fourth-order valence-electron chi connectivity index (χ4n) is 4.53. The smallest absolute Gasteiger partial charge is 0.161 e. The van der Waals surface area contributed by atoms with Crippen LogP contribution in [0.25, 0.3) is 0 Å². The molecule has 32 heavy (non-hydrogen) atoms. The lowest BCUT2D eigenvalue weighted by molar-refractivity contribution is 0.354. The number of anilines is 2. The van der Waals surface area contributed by atoms with Gasteiger partial charge in [0.05, 0.1) is 24.9 Å². The predicted octanol–water partition coefficient (Wildman–Crippen LogP) is 5.94. The molecule has 5 heteroatoms. The lowest BCUT2D eigenvalue weighted by atomic mass is 9.94. The first-order chi connectivity index (χ1) is 15.5. The van der Waals surface area contributed by atoms with E-state index in [2.05, 4.69) is 66.4 Å². The summed E-state index contributed by atoms with van der Waals surface area (Å²) in [4.78, 5) is 4.64. The van der Waals surface area contributed by atoms with Crippen molar-refractivity contribution in [2.24, 2.45) is 0 Å². The Balaban J connectivity index is 1.91. The first kappa shape index (κ1) is 22.5. The number of hydrogen-bond donors (Lipinski definition) is 0. The SMILES string of the molecule is COc1cc2c(cc1OC)Cc1cccc(Cl)c1N(CCCN(C)C)c1ccccc1C2. The summed E-state index contributed by atoms with van der Waals surface area (Å²) in [5.74, 6) is 1.52. The van der Waals surface area contributed by atoms with Gasteiger partial charge in [0.15, 0.2) is 11.5 Å². The van der Waals surface area contributed by atoms with Crippen LogP contribution in [-0.2, 0) is 12.8 Å². The Kier molecular flexibility index (Phi) is 6.92. The van der Waals surface area contributed by atoms with Crippen molar-refractivity contribution < 1.29 is 9.47 Å². The minimum Gasteiger partial charge on any atom is -0.493 e. The Morgan fingerprint density at radius 3 is 2.12 bits per heavy atom. The summed E-state index contributed by atoms with van der Waals surface area (Å²) in [6.07, 6.45) is 2.64. The molecule has 3 aromatic rings. The van der Waals surface area contributed by atoms with Crippen molar-refractivity contribution >= 4 is 23.0 Å². The molecule has 0 aliphatic carbocycles. The minimum atomic E-state index is 0.755. The minimum absolute atomic E-state index is 0.755. The third-order valence-corrected chi connectivity index (χ3v) is 6.38. The molecule has 0 fully saturated rings. The van der Waals surface area contributed by atoms with Crippen molar-refractivity contribution in [1.29, 1.82) is 0 Å². The van der Waals surface area contributed by atoms with Gasteiger partial charge in [-0.15, -0.1) is 0 Å². The Bertz CT molecular complexity index is 1100. The molecule has 1 aliphatic rings. The highest BCUT2D eigenvalue weighted by atomic mass is 35.5. The van der Waals surface area contributed by atoms with Gasteiger partial charge >= 0.3 is 0 Å². The van der Waals surface area contributed by atoms with E-state index in [1.165, 1.54) is 27.9 Å². The van der Waals surface area contributed by atoms with Crippen LogP contribution in [0.5, 0.6) is 11.5 Å². The molecule has 4 nitrogen and oxygen atoms in total. The predicted molar refractivity (Wildman–Crippen MR) is 133 cm³/mol. The third kappa shape index (κ3) is 4.57. The molecule has 0 unspecified atom stereocenters. The van der Waals surface area contributed by atoms with Crippen molar-refractivity contribution in [1.82, 2.24) is 4.90 Å². The van der Waals surface area contributed by atoms with Crippen LogP contribution in [0.2, 0.25) is 5.02 Å². The van der Waals surface area contributed by atoms with E-state index in [-0.39, 0.29) is 0 Å². The second-order valence-electron chi connectivity index (χ2n) is 8.51. The van der Waals surface area contributed by atoms with E-state index in [1.807, 2.05) is 12.1 Å². The maximum absolute atomic E-state index is 6.86. The van der Waals surface area contributed by atoms with Gasteiger partial charge in [0.1, 0.15) is 0 Å². The van der Waals surface area contributed by atoms with Crippen molar-refractivity contribution in [2.45, 2.75) is 19.3 Å². The molecule has 1 aliphatic heterocycles. The second-order valence-corrected chi connectivity index (χ2v) is 8.92. The highest BCUT2D eigenvalue weighted by Gasteiger charge is 2.23. The van der Waals surface area contributed by atoms with Crippen molar-refractivity contribution in [3.63, 3.8) is 0 Å². The van der Waals surface area contributed by atoms with E-state index in [1.54, 1.807) is 14.2 Å². The van der Waals surface area contributed by atoms with Crippen LogP contribution in [0.3, 0.4) is 0 Å². The molecule has 0 amide bonds. The van der Waals surface area contributed by atoms with Crippen LogP contribution in [0, 0.1) is 0 Å². The quantitative estimate of drug-likeness (QED) is 0.463. The zero-order chi connectivity index (χ0) is 22.7. The summed E-state index contributed by atoms with van der Waals surface area (Å²) in [6.45, 7) is 1.92. The summed E-state index contributed by atoms with van der Waals surface area (Å²) < 4.78 is 11.2. The van der Waals surface area contributed by atoms with E-state index in [4.69, 9.17) is 21.1 Å². The number of halogens is 1. The van der Waals surface area contributed by atoms with Crippen molar-refractivity contribution in [3.05, 3.63) is 81.9 Å². The Labute approximate surface area is 196 Å². The van der Waals surface area contributed by atoms with Crippen LogP contribution in [0.15, 0.2) is 54.6 Å². The molecule has 0 saturated carbocycles. The lowest BCUT2D eigenvalue weighted by Gasteiger charge is -2.30. The zero-order valence-corrected chi connectivity index (χ0v) is 20.1. The molecule has 0 saturated heterocycles. The first-order valence-corrected chi connectivity index (χ1v) is 11.4. The van der Waals surface area contributed by atoms with Gasteiger partial charge in [0.25, 0.3) is 0 Å². The summed E-state index contributed by atoms with van der Waals surface area (Å²) in [7, 11) is 7.61. The van der Waals surface area contributed by atoms with E-state index in [9.17, 15) is 0 Å². The molecule has 0 bridgehead atoms. The average Bonchev–Trinajstić information content (AvgIpc) is 2.83. The highest BCUT2D eigenvalue weighted by molar-refractivity contribution is 6.33. The Morgan fingerprint density at radius 1 is 0.844 bits per heavy atom. The van der Waals surface area contributed by atoms with Gasteiger partial charge in [0, 0.05) is 12.2 Å². The molecule has 168 valence electrons. The van der Waals surface area contributed by atoms with Gasteiger partial charge in [-0.2, -0.15) is 0 Å². The number of rotatable bonds is 6. The largest absolute Gasteiger partial charge is 0.493 e. The number of fused-ring (bicyclic) bond motifs is 3. The lowest BCUT2D eigenvalue weighted by Crippen LogP contribution is -2.25. The molecule has 1 heterocycles. The van der Waals surface area contributed by atoms with E-state index in [0.717, 1.165) is 54.6 Å². The molecule has 0 aromatic heterocycles. The molecule has 3 aromatic carbocycles. The summed E-state index contributed by atoms with van der Waals surface area (Å²) in [5, 5.41) is 0.783. The van der Waals surface area contributed by atoms with Crippen LogP contribution >= 0.6 is 11.6 Å². The van der Waals surface area contributed by atoms with Crippen LogP contribution < -0.4 is 14.4 Å². The first-order valence-electron chi connectivity index (χ1n) is 11.0. The van der Waals surface area contributed by atoms with Gasteiger partial charge < -0.3 is 19.3 Å². The zero-order valence-electron chi connectivity index (χ0n) is 19.3. The molecule has 0 radical (unpaired) electrons. The van der Waals surface area contributed by atoms with Crippen LogP contribution in [-0.4, -0.2) is 46.3 Å². The second kappa shape index (κ2) is 9.85. The van der Waals surface area contributed by atoms with Crippen LogP contribution in [0.1, 0.15) is 28.7 Å². The van der Waals surface area contributed by atoms with Gasteiger partial charge in [0.2, 0.25) is 0 Å². The van der Waals surface area contributed by atoms with Gasteiger partial charge in [-0.25, -0.2) is 0 Å². The van der Waals surface area contributed by atoms with E-state index in [0.29, 0.717) is 0 Å². The summed E-state index contributed by atoms with van der Waals surface area (Å²) >= 11 is 6.86. The number of para-hydroxylation sites is 2. The topological polar surface area (TPSA) is 24.9 Å². The fourth-order valence-corrected chi connectivity index (χ4v) is 4.83. The van der Waals surface area contributed by atoms with Gasteiger partial charge in [-0.05, 0) is 86.4 Å². The van der Waals surface area contributed by atoms with E-state index >= 15 is 0 Å². The number of benzene rings is 3. The van der Waals surface area contributed by atoms with Crippen molar-refractivity contribution in [2.75, 3.05) is 46.3 Å². The highest BCUT2D eigenvalue weighted by Crippen LogP contribution is 2.42. The van der Waals surface area contributed by atoms with Crippen LogP contribution in [0.4, 0.5) is 11.4 Å². The number of nitrogens with zero attached hydrogens (tertiary/aromatic N) is 2. The molecular formula is C27H31ClN2O2. The maximum atomic E-state index is 6.86. The number of ether oxygens (including phenoxy) is 2. The Hall–Kier alpha value is -2.69. The molecule has 0 N–H and O–H groups in total. The molecular weight excluding hydrogens is 420 g/mol. The van der Waals surface area contributed by atoms with E-state index < -0.39 is 0 Å². The summed E-state index contributed by atoms with van der Waals surface area (Å²) in [5.41, 5.74) is 7.28.